The second-order valence-electron chi connectivity index (χ2n) is 5.86. The van der Waals surface area contributed by atoms with Crippen molar-refractivity contribution >= 4 is 36.3 Å². The summed E-state index contributed by atoms with van der Waals surface area (Å²) in [6.07, 6.45) is -1.32. The van der Waals surface area contributed by atoms with Gasteiger partial charge in [0, 0.05) is 5.75 Å². The number of aliphatic hydroxyl groups is 1. The van der Waals surface area contributed by atoms with E-state index in [0.717, 1.165) is 0 Å². The molecule has 0 rings (SSSR count). The molecule has 144 valence electrons. The number of hydrogen-bond acceptors (Lipinski definition) is 7. The monoisotopic (exact) mass is 378 g/mol. The first-order valence-electron chi connectivity index (χ1n) is 7.66. The van der Waals surface area contributed by atoms with Gasteiger partial charge in [-0.05, 0) is 12.8 Å². The molecule has 0 fully saturated rings. The highest BCUT2D eigenvalue weighted by molar-refractivity contribution is 7.80. The van der Waals surface area contributed by atoms with E-state index in [9.17, 15) is 24.3 Å². The first-order chi connectivity index (χ1) is 11.5. The van der Waals surface area contributed by atoms with E-state index in [1.165, 1.54) is 6.92 Å². The molecule has 10 nitrogen and oxygen atoms in total. The molecule has 0 radical (unpaired) electrons. The third-order valence-corrected chi connectivity index (χ3v) is 3.69. The smallest absolute Gasteiger partial charge is 0.328 e. The van der Waals surface area contributed by atoms with Gasteiger partial charge in [-0.2, -0.15) is 12.6 Å². The van der Waals surface area contributed by atoms with Crippen molar-refractivity contribution < 1.29 is 29.4 Å². The van der Waals surface area contributed by atoms with E-state index >= 15 is 0 Å². The Morgan fingerprint density at radius 3 is 2.04 bits per heavy atom. The minimum atomic E-state index is -1.52. The van der Waals surface area contributed by atoms with Gasteiger partial charge in [0.25, 0.3) is 0 Å². The Morgan fingerprint density at radius 2 is 1.64 bits per heavy atom. The molecule has 0 aromatic carbocycles. The summed E-state index contributed by atoms with van der Waals surface area (Å²) in [5.41, 5.74) is 5.63. The molecule has 25 heavy (non-hydrogen) atoms. The zero-order valence-corrected chi connectivity index (χ0v) is 15.2. The van der Waals surface area contributed by atoms with Crippen LogP contribution in [0.5, 0.6) is 0 Å². The van der Waals surface area contributed by atoms with E-state index in [2.05, 4.69) is 28.6 Å². The second kappa shape index (κ2) is 10.9. The van der Waals surface area contributed by atoms with Crippen LogP contribution in [0, 0.1) is 5.92 Å². The number of thiol groups is 1. The summed E-state index contributed by atoms with van der Waals surface area (Å²) in [4.78, 5) is 46.5. The van der Waals surface area contributed by atoms with Crippen LogP contribution < -0.4 is 21.7 Å². The Kier molecular flexibility index (Phi) is 10.1. The van der Waals surface area contributed by atoms with Crippen molar-refractivity contribution in [2.24, 2.45) is 11.7 Å². The van der Waals surface area contributed by atoms with Gasteiger partial charge in [-0.1, -0.05) is 13.8 Å². The van der Waals surface area contributed by atoms with Gasteiger partial charge in [0.05, 0.1) is 18.7 Å². The van der Waals surface area contributed by atoms with Gasteiger partial charge < -0.3 is 31.9 Å². The lowest BCUT2D eigenvalue weighted by molar-refractivity contribution is -0.145. The van der Waals surface area contributed by atoms with E-state index in [1.807, 2.05) is 0 Å². The molecule has 0 aliphatic carbocycles. The maximum absolute atomic E-state index is 12.0. The number of carboxylic acids is 1. The molecule has 0 aliphatic rings. The predicted molar refractivity (Wildman–Crippen MR) is 92.9 cm³/mol. The maximum Gasteiger partial charge on any atom is 0.328 e. The average Bonchev–Trinajstić information content (AvgIpc) is 2.53. The number of carbonyl (C=O) groups is 4. The number of nitrogens with two attached hydrogens (primary N) is 1. The lowest BCUT2D eigenvalue weighted by Gasteiger charge is -2.22. The average molecular weight is 378 g/mol. The molecule has 11 heteroatoms. The molecule has 0 heterocycles. The van der Waals surface area contributed by atoms with Gasteiger partial charge in [-0.15, -0.1) is 0 Å². The SMILES string of the molecule is CC(C)C(N)C(=O)NCC(=O)NC(CS)C(=O)NC(C(=O)O)C(C)O. The van der Waals surface area contributed by atoms with Crippen LogP contribution in [0.25, 0.3) is 0 Å². The van der Waals surface area contributed by atoms with E-state index in [1.54, 1.807) is 13.8 Å². The topological polar surface area (TPSA) is 171 Å². The molecule has 0 saturated heterocycles. The fourth-order valence-corrected chi connectivity index (χ4v) is 1.93. The van der Waals surface area contributed by atoms with E-state index in [0.29, 0.717) is 0 Å². The van der Waals surface area contributed by atoms with E-state index < -0.39 is 54.5 Å². The van der Waals surface area contributed by atoms with Crippen molar-refractivity contribution in [3.8, 4) is 0 Å². The molecule has 3 amide bonds. The number of nitrogens with one attached hydrogen (secondary N) is 3. The quantitative estimate of drug-likeness (QED) is 0.205. The van der Waals surface area contributed by atoms with Gasteiger partial charge in [-0.25, -0.2) is 4.79 Å². The Morgan fingerprint density at radius 1 is 1.08 bits per heavy atom. The Hall–Kier alpha value is -1.85. The van der Waals surface area contributed by atoms with Crippen LogP contribution in [0.1, 0.15) is 20.8 Å². The maximum atomic E-state index is 12.0. The van der Waals surface area contributed by atoms with Crippen molar-refractivity contribution in [1.82, 2.24) is 16.0 Å². The van der Waals surface area contributed by atoms with Gasteiger partial charge in [-0.3, -0.25) is 14.4 Å². The molecular weight excluding hydrogens is 352 g/mol. The number of aliphatic carboxylic acids is 1. The highest BCUT2D eigenvalue weighted by Gasteiger charge is 2.29. The summed E-state index contributed by atoms with van der Waals surface area (Å²) in [7, 11) is 0. The molecule has 0 aliphatic heterocycles. The van der Waals surface area contributed by atoms with Crippen LogP contribution in [0.3, 0.4) is 0 Å². The largest absolute Gasteiger partial charge is 0.480 e. The summed E-state index contributed by atoms with van der Waals surface area (Å²) in [5.74, 6) is -3.61. The van der Waals surface area contributed by atoms with E-state index in [4.69, 9.17) is 10.8 Å². The van der Waals surface area contributed by atoms with Crippen LogP contribution in [-0.2, 0) is 19.2 Å². The summed E-state index contributed by atoms with van der Waals surface area (Å²) in [6, 6.07) is -3.42. The summed E-state index contributed by atoms with van der Waals surface area (Å²) < 4.78 is 0. The van der Waals surface area contributed by atoms with Crippen LogP contribution >= 0.6 is 12.6 Å². The van der Waals surface area contributed by atoms with Crippen LogP contribution in [0.15, 0.2) is 0 Å². The molecule has 4 atom stereocenters. The van der Waals surface area contributed by atoms with Gasteiger partial charge >= 0.3 is 5.97 Å². The van der Waals surface area contributed by atoms with Crippen LogP contribution in [0.2, 0.25) is 0 Å². The molecule has 7 N–H and O–H groups in total. The fourth-order valence-electron chi connectivity index (χ4n) is 1.67. The zero-order valence-electron chi connectivity index (χ0n) is 14.4. The number of amides is 3. The summed E-state index contributed by atoms with van der Waals surface area (Å²) in [6.45, 7) is 4.33. The third-order valence-electron chi connectivity index (χ3n) is 3.32. The number of carbonyl (C=O) groups excluding carboxylic acids is 3. The van der Waals surface area contributed by atoms with Crippen molar-refractivity contribution in [3.63, 3.8) is 0 Å². The molecule has 0 bridgehead atoms. The normalized spacial score (nSPS) is 15.6. The van der Waals surface area contributed by atoms with Crippen molar-refractivity contribution in [2.75, 3.05) is 12.3 Å². The minimum Gasteiger partial charge on any atom is -0.480 e. The lowest BCUT2D eigenvalue weighted by atomic mass is 10.1. The number of hydrogen-bond donors (Lipinski definition) is 7. The number of carboxylic acid groups (broad SMARTS) is 1. The standard InChI is InChI=1S/C14H26N4O6S/c1-6(2)10(15)13(22)16-4-9(20)17-8(5-25)12(21)18-11(7(3)19)14(23)24/h6-8,10-11,19,25H,4-5,15H2,1-3H3,(H,16,22)(H,17,20)(H,18,21)(H,23,24). The van der Waals surface area contributed by atoms with Crippen molar-refractivity contribution in [1.29, 1.82) is 0 Å². The van der Waals surface area contributed by atoms with E-state index in [-0.39, 0.29) is 11.7 Å². The van der Waals surface area contributed by atoms with Crippen molar-refractivity contribution in [2.45, 2.75) is 45.0 Å². The van der Waals surface area contributed by atoms with Gasteiger partial charge in [0.1, 0.15) is 6.04 Å². The molecule has 0 aromatic rings. The van der Waals surface area contributed by atoms with Gasteiger partial charge in [0.2, 0.25) is 17.7 Å². The molecule has 0 aromatic heterocycles. The van der Waals surface area contributed by atoms with Gasteiger partial charge in [0.15, 0.2) is 6.04 Å². The number of aliphatic hydroxyl groups excluding tert-OH is 1. The third kappa shape index (κ3) is 8.18. The predicted octanol–water partition coefficient (Wildman–Crippen LogP) is -2.55. The minimum absolute atomic E-state index is 0.104. The Bertz CT molecular complexity index is 500. The van der Waals surface area contributed by atoms with Crippen LogP contribution in [-0.4, -0.2) is 70.4 Å². The highest BCUT2D eigenvalue weighted by Crippen LogP contribution is 1.98. The zero-order chi connectivity index (χ0) is 19.7. The lowest BCUT2D eigenvalue weighted by Crippen LogP contribution is -2.56. The second-order valence-corrected chi connectivity index (χ2v) is 6.22. The number of rotatable bonds is 10. The summed E-state index contributed by atoms with van der Waals surface area (Å²) >= 11 is 3.93. The molecule has 4 unspecified atom stereocenters. The first kappa shape index (κ1) is 23.1. The molecule has 0 spiro atoms. The first-order valence-corrected chi connectivity index (χ1v) is 8.29. The summed E-state index contributed by atoms with van der Waals surface area (Å²) in [5, 5.41) is 25.0. The Balaban J connectivity index is 4.61. The highest BCUT2D eigenvalue weighted by atomic mass is 32.1. The molecule has 0 saturated carbocycles. The van der Waals surface area contributed by atoms with Crippen molar-refractivity contribution in [3.05, 3.63) is 0 Å². The van der Waals surface area contributed by atoms with Crippen LogP contribution in [0.4, 0.5) is 0 Å². The Labute approximate surface area is 151 Å². The fraction of sp³-hybridized carbons (Fsp3) is 0.714. The molecular formula is C14H26N4O6S.